The third kappa shape index (κ3) is 4.01. The predicted molar refractivity (Wildman–Crippen MR) is 70.2 cm³/mol. The van der Waals surface area contributed by atoms with E-state index in [9.17, 15) is 22.8 Å². The van der Waals surface area contributed by atoms with Crippen molar-refractivity contribution in [2.45, 2.75) is 18.1 Å². The van der Waals surface area contributed by atoms with Gasteiger partial charge in [0.1, 0.15) is 0 Å². The van der Waals surface area contributed by atoms with Gasteiger partial charge >= 0.3 is 17.1 Å². The molecular formula is C12H10Cl2F3NO3. The number of amides is 1. The van der Waals surface area contributed by atoms with Crippen molar-refractivity contribution in [1.82, 2.24) is 5.32 Å². The van der Waals surface area contributed by atoms with Gasteiger partial charge in [-0.1, -0.05) is 29.3 Å². The number of benzene rings is 1. The first kappa shape index (κ1) is 17.6. The van der Waals surface area contributed by atoms with Gasteiger partial charge in [0, 0.05) is 10.6 Å². The van der Waals surface area contributed by atoms with Crippen LogP contribution in [0.15, 0.2) is 24.3 Å². The molecule has 1 amide bonds. The number of rotatable bonds is 4. The largest absolute Gasteiger partial charge is 0.463 e. The summed E-state index contributed by atoms with van der Waals surface area (Å²) >= 11 is 10.9. The van der Waals surface area contributed by atoms with Crippen LogP contribution in [-0.2, 0) is 9.53 Å². The summed E-state index contributed by atoms with van der Waals surface area (Å²) in [7, 11) is 0. The predicted octanol–water partition coefficient (Wildman–Crippen LogP) is 3.13. The summed E-state index contributed by atoms with van der Waals surface area (Å²) in [6.45, 7) is 0.987. The first-order chi connectivity index (χ1) is 9.61. The van der Waals surface area contributed by atoms with Crippen LogP contribution in [0.4, 0.5) is 13.2 Å². The number of carbonyl (C=O) groups is 2. The summed E-state index contributed by atoms with van der Waals surface area (Å²) in [4.78, 5) is 19.6. The molecule has 0 fully saturated rings. The molecule has 0 aliphatic rings. The highest BCUT2D eigenvalue weighted by molar-refractivity contribution is 6.35. The molecule has 116 valence electrons. The van der Waals surface area contributed by atoms with E-state index in [0.29, 0.717) is 0 Å². The van der Waals surface area contributed by atoms with Gasteiger partial charge in [-0.3, -0.25) is 4.79 Å². The first-order valence-electron chi connectivity index (χ1n) is 5.62. The summed E-state index contributed by atoms with van der Waals surface area (Å²) < 4.78 is 43.1. The fraction of sp³-hybridized carbons (Fsp3) is 0.333. The molecule has 21 heavy (non-hydrogen) atoms. The number of esters is 1. The fourth-order valence-corrected chi connectivity index (χ4v) is 1.66. The smallest absolute Gasteiger partial charge is 0.437 e. The van der Waals surface area contributed by atoms with E-state index in [1.165, 1.54) is 30.4 Å². The third-order valence-corrected chi connectivity index (χ3v) is 3.02. The van der Waals surface area contributed by atoms with Crippen molar-refractivity contribution in [3.05, 3.63) is 34.9 Å². The lowest BCUT2D eigenvalue weighted by Gasteiger charge is -2.28. The zero-order valence-corrected chi connectivity index (χ0v) is 12.1. The second kappa shape index (κ2) is 6.53. The molecule has 0 saturated heterocycles. The topological polar surface area (TPSA) is 55.4 Å². The second-order valence-corrected chi connectivity index (χ2v) is 4.84. The average Bonchev–Trinajstić information content (AvgIpc) is 2.37. The Labute approximate surface area is 128 Å². The van der Waals surface area contributed by atoms with E-state index in [-0.39, 0.29) is 17.2 Å². The number of hydrogen-bond acceptors (Lipinski definition) is 3. The van der Waals surface area contributed by atoms with Crippen molar-refractivity contribution in [2.75, 3.05) is 6.61 Å². The van der Waals surface area contributed by atoms with Gasteiger partial charge in [0.2, 0.25) is 0 Å². The van der Waals surface area contributed by atoms with Crippen LogP contribution >= 0.6 is 23.2 Å². The Morgan fingerprint density at radius 3 is 2.43 bits per heavy atom. The molecule has 0 heterocycles. The molecule has 0 aromatic heterocycles. The zero-order valence-electron chi connectivity index (χ0n) is 10.6. The van der Waals surface area contributed by atoms with Crippen LogP contribution in [0.5, 0.6) is 0 Å². The van der Waals surface area contributed by atoms with Crippen LogP contribution in [-0.4, -0.2) is 29.7 Å². The maximum Gasteiger partial charge on any atom is 0.437 e. The lowest BCUT2D eigenvalue weighted by molar-refractivity contribution is -0.192. The van der Waals surface area contributed by atoms with Crippen molar-refractivity contribution in [2.24, 2.45) is 0 Å². The standard InChI is InChI=1S/C12H10Cl2F3NO3/c1-2-21-10(20)11(14,12(15,16)17)18-9(19)7-4-3-5-8(13)6-7/h3-6H,2H2,1H3,(H,18,19)/t11-/m0/s1. The van der Waals surface area contributed by atoms with Gasteiger partial charge in [-0.25, -0.2) is 4.79 Å². The van der Waals surface area contributed by atoms with Crippen molar-refractivity contribution in [1.29, 1.82) is 0 Å². The molecule has 0 aliphatic heterocycles. The lowest BCUT2D eigenvalue weighted by Crippen LogP contribution is -2.60. The molecule has 4 nitrogen and oxygen atoms in total. The zero-order chi connectivity index (χ0) is 16.3. The lowest BCUT2D eigenvalue weighted by atomic mass is 10.2. The number of halogens is 5. The minimum absolute atomic E-state index is 0.144. The Balaban J connectivity index is 3.08. The fourth-order valence-electron chi connectivity index (χ4n) is 1.33. The minimum Gasteiger partial charge on any atom is -0.463 e. The molecular weight excluding hydrogens is 334 g/mol. The summed E-state index contributed by atoms with van der Waals surface area (Å²) in [5.41, 5.74) is -0.180. The number of ether oxygens (including phenoxy) is 1. The van der Waals surface area contributed by atoms with Gasteiger partial charge in [-0.2, -0.15) is 13.2 Å². The molecule has 1 aromatic rings. The van der Waals surface area contributed by atoms with Crippen molar-refractivity contribution in [3.8, 4) is 0 Å². The summed E-state index contributed by atoms with van der Waals surface area (Å²) in [5.74, 6) is -3.02. The van der Waals surface area contributed by atoms with E-state index < -0.39 is 23.1 Å². The van der Waals surface area contributed by atoms with Crippen molar-refractivity contribution < 1.29 is 27.5 Å². The van der Waals surface area contributed by atoms with Crippen LogP contribution in [0.3, 0.4) is 0 Å². The maximum absolute atomic E-state index is 13.0. The highest BCUT2D eigenvalue weighted by Crippen LogP contribution is 2.35. The molecule has 1 atom stereocenters. The molecule has 0 saturated carbocycles. The van der Waals surface area contributed by atoms with E-state index in [0.717, 1.165) is 6.07 Å². The molecule has 1 rings (SSSR count). The van der Waals surface area contributed by atoms with Crippen LogP contribution in [0, 0.1) is 0 Å². The van der Waals surface area contributed by atoms with Crippen LogP contribution < -0.4 is 5.32 Å². The number of nitrogens with one attached hydrogen (secondary N) is 1. The third-order valence-electron chi connectivity index (χ3n) is 2.32. The number of alkyl halides is 4. The van der Waals surface area contributed by atoms with Crippen LogP contribution in [0.1, 0.15) is 17.3 Å². The number of hydrogen-bond donors (Lipinski definition) is 1. The van der Waals surface area contributed by atoms with Crippen molar-refractivity contribution >= 4 is 35.1 Å². The SMILES string of the molecule is CCOC(=O)[C@](Cl)(NC(=O)c1cccc(Cl)c1)C(F)(F)F. The summed E-state index contributed by atoms with van der Waals surface area (Å²) in [6, 6.07) is 5.16. The second-order valence-electron chi connectivity index (χ2n) is 3.84. The Hall–Kier alpha value is -1.47. The Bertz CT molecular complexity index is 551. The minimum atomic E-state index is -5.24. The Morgan fingerprint density at radius 1 is 1.33 bits per heavy atom. The molecule has 0 bridgehead atoms. The molecule has 0 spiro atoms. The van der Waals surface area contributed by atoms with Gasteiger partial charge in [0.15, 0.2) is 0 Å². The summed E-state index contributed by atoms with van der Waals surface area (Å²) in [5, 5.41) is 1.57. The highest BCUT2D eigenvalue weighted by Gasteiger charge is 2.62. The van der Waals surface area contributed by atoms with Gasteiger partial charge in [-0.05, 0) is 25.1 Å². The van der Waals surface area contributed by atoms with E-state index in [1.807, 2.05) is 0 Å². The van der Waals surface area contributed by atoms with Gasteiger partial charge in [0.05, 0.1) is 6.61 Å². The quantitative estimate of drug-likeness (QED) is 0.519. The van der Waals surface area contributed by atoms with E-state index in [1.54, 1.807) is 0 Å². The highest BCUT2D eigenvalue weighted by atomic mass is 35.5. The van der Waals surface area contributed by atoms with Crippen molar-refractivity contribution in [3.63, 3.8) is 0 Å². The molecule has 0 aliphatic carbocycles. The molecule has 1 aromatic carbocycles. The molecule has 1 N–H and O–H groups in total. The number of carbonyl (C=O) groups excluding carboxylic acids is 2. The van der Waals surface area contributed by atoms with Crippen LogP contribution in [0.25, 0.3) is 0 Å². The molecule has 9 heteroatoms. The van der Waals surface area contributed by atoms with Gasteiger partial charge in [0.25, 0.3) is 5.91 Å². The van der Waals surface area contributed by atoms with Gasteiger partial charge < -0.3 is 10.1 Å². The van der Waals surface area contributed by atoms with E-state index in [2.05, 4.69) is 4.74 Å². The van der Waals surface area contributed by atoms with Gasteiger partial charge in [-0.15, -0.1) is 0 Å². The monoisotopic (exact) mass is 343 g/mol. The normalized spacial score (nSPS) is 14.2. The molecule has 0 unspecified atom stereocenters. The summed E-state index contributed by atoms with van der Waals surface area (Å²) in [6.07, 6.45) is -5.24. The maximum atomic E-state index is 13.0. The Kier molecular flexibility index (Phi) is 5.47. The Morgan fingerprint density at radius 2 is 1.95 bits per heavy atom. The average molecular weight is 344 g/mol. The van der Waals surface area contributed by atoms with E-state index in [4.69, 9.17) is 23.2 Å². The van der Waals surface area contributed by atoms with E-state index >= 15 is 0 Å². The molecule has 0 radical (unpaired) electrons. The first-order valence-corrected chi connectivity index (χ1v) is 6.38. The van der Waals surface area contributed by atoms with Crippen LogP contribution in [0.2, 0.25) is 5.02 Å².